The van der Waals surface area contributed by atoms with Crippen molar-refractivity contribution < 1.29 is 4.52 Å². The summed E-state index contributed by atoms with van der Waals surface area (Å²) in [6.07, 6.45) is 2.37. The molecular formula is C13H15N3OS. The lowest BCUT2D eigenvalue weighted by molar-refractivity contribution is 0.375. The first-order valence-corrected chi connectivity index (χ1v) is 7.02. The van der Waals surface area contributed by atoms with Crippen molar-refractivity contribution in [2.24, 2.45) is 0 Å². The molecule has 1 heterocycles. The fraction of sp³-hybridized carbons (Fsp3) is 0.385. The maximum absolute atomic E-state index is 5.79. The van der Waals surface area contributed by atoms with Crippen LogP contribution in [-0.2, 0) is 5.75 Å². The molecule has 0 aliphatic heterocycles. The van der Waals surface area contributed by atoms with Crippen LogP contribution in [-0.4, -0.2) is 10.1 Å². The average molecular weight is 261 g/mol. The lowest BCUT2D eigenvalue weighted by atomic mass is 10.2. The van der Waals surface area contributed by atoms with Crippen LogP contribution in [0.5, 0.6) is 0 Å². The van der Waals surface area contributed by atoms with Gasteiger partial charge in [0, 0.05) is 16.5 Å². The Hall–Kier alpha value is -1.49. The SMILES string of the molecule is Cc1cc(SCc2noc(C3CC3)n2)ccc1N. The topological polar surface area (TPSA) is 64.9 Å². The number of rotatable bonds is 4. The van der Waals surface area contributed by atoms with E-state index in [1.807, 2.05) is 19.1 Å². The molecule has 5 heteroatoms. The molecule has 0 spiro atoms. The zero-order valence-corrected chi connectivity index (χ0v) is 11.0. The van der Waals surface area contributed by atoms with Gasteiger partial charge in [0.15, 0.2) is 5.82 Å². The molecular weight excluding hydrogens is 246 g/mol. The molecule has 1 aromatic carbocycles. The minimum absolute atomic E-state index is 0.523. The summed E-state index contributed by atoms with van der Waals surface area (Å²) >= 11 is 1.70. The van der Waals surface area contributed by atoms with Crippen LogP contribution in [0.15, 0.2) is 27.6 Å². The zero-order valence-electron chi connectivity index (χ0n) is 10.2. The first-order chi connectivity index (χ1) is 8.72. The Morgan fingerprint density at radius 1 is 1.44 bits per heavy atom. The van der Waals surface area contributed by atoms with Gasteiger partial charge in [0.1, 0.15) is 0 Å². The number of aryl methyl sites for hydroxylation is 1. The van der Waals surface area contributed by atoms with E-state index in [0.29, 0.717) is 5.92 Å². The third-order valence-corrected chi connectivity index (χ3v) is 4.01. The van der Waals surface area contributed by atoms with Crippen molar-refractivity contribution in [3.8, 4) is 0 Å². The van der Waals surface area contributed by atoms with Crippen LogP contribution in [0.25, 0.3) is 0 Å². The Bertz CT molecular complexity index is 563. The Morgan fingerprint density at radius 2 is 2.28 bits per heavy atom. The van der Waals surface area contributed by atoms with Gasteiger partial charge >= 0.3 is 0 Å². The monoisotopic (exact) mass is 261 g/mol. The number of benzene rings is 1. The normalized spacial score (nSPS) is 14.9. The van der Waals surface area contributed by atoms with Gasteiger partial charge in [-0.25, -0.2) is 0 Å². The molecule has 94 valence electrons. The van der Waals surface area contributed by atoms with E-state index in [-0.39, 0.29) is 0 Å². The van der Waals surface area contributed by atoms with E-state index in [0.717, 1.165) is 28.7 Å². The number of nitrogens with zero attached hydrogens (tertiary/aromatic N) is 2. The molecule has 1 aliphatic rings. The second-order valence-corrected chi connectivity index (χ2v) is 5.68. The molecule has 0 unspecified atom stereocenters. The summed E-state index contributed by atoms with van der Waals surface area (Å²) in [7, 11) is 0. The zero-order chi connectivity index (χ0) is 12.5. The van der Waals surface area contributed by atoms with E-state index < -0.39 is 0 Å². The summed E-state index contributed by atoms with van der Waals surface area (Å²) in [5, 5.41) is 4.00. The lowest BCUT2D eigenvalue weighted by Gasteiger charge is -2.03. The fourth-order valence-electron chi connectivity index (χ4n) is 1.71. The number of aromatic nitrogens is 2. The maximum atomic E-state index is 5.79. The van der Waals surface area contributed by atoms with Gasteiger partial charge in [-0.05, 0) is 43.5 Å². The summed E-state index contributed by atoms with van der Waals surface area (Å²) in [5.41, 5.74) is 7.72. The van der Waals surface area contributed by atoms with Crippen LogP contribution in [0.4, 0.5) is 5.69 Å². The van der Waals surface area contributed by atoms with Crippen molar-refractivity contribution in [3.05, 3.63) is 35.5 Å². The van der Waals surface area contributed by atoms with E-state index >= 15 is 0 Å². The molecule has 1 saturated carbocycles. The smallest absolute Gasteiger partial charge is 0.229 e. The number of anilines is 1. The third kappa shape index (κ3) is 2.51. The third-order valence-electron chi connectivity index (χ3n) is 3.02. The van der Waals surface area contributed by atoms with E-state index in [9.17, 15) is 0 Å². The van der Waals surface area contributed by atoms with Gasteiger partial charge in [-0.15, -0.1) is 11.8 Å². The molecule has 4 nitrogen and oxygen atoms in total. The minimum atomic E-state index is 0.523. The van der Waals surface area contributed by atoms with Crippen molar-refractivity contribution in [2.45, 2.75) is 36.3 Å². The van der Waals surface area contributed by atoms with Gasteiger partial charge in [0.25, 0.3) is 0 Å². The van der Waals surface area contributed by atoms with Gasteiger partial charge in [-0.1, -0.05) is 5.16 Å². The van der Waals surface area contributed by atoms with Crippen LogP contribution >= 0.6 is 11.8 Å². The van der Waals surface area contributed by atoms with Crippen LogP contribution in [0.1, 0.15) is 36.0 Å². The van der Waals surface area contributed by atoms with E-state index in [2.05, 4.69) is 16.2 Å². The summed E-state index contributed by atoms with van der Waals surface area (Å²) in [4.78, 5) is 5.58. The molecule has 1 fully saturated rings. The van der Waals surface area contributed by atoms with Crippen LogP contribution in [0, 0.1) is 6.92 Å². The largest absolute Gasteiger partial charge is 0.399 e. The van der Waals surface area contributed by atoms with E-state index in [1.165, 1.54) is 17.7 Å². The molecule has 0 saturated heterocycles. The van der Waals surface area contributed by atoms with Crippen molar-refractivity contribution in [1.29, 1.82) is 0 Å². The molecule has 0 amide bonds. The lowest BCUT2D eigenvalue weighted by Crippen LogP contribution is -1.89. The Labute approximate surface area is 110 Å². The highest BCUT2D eigenvalue weighted by Gasteiger charge is 2.29. The molecule has 0 radical (unpaired) electrons. The summed E-state index contributed by atoms with van der Waals surface area (Å²) in [6.45, 7) is 2.01. The molecule has 3 rings (SSSR count). The molecule has 2 aromatic rings. The highest BCUT2D eigenvalue weighted by molar-refractivity contribution is 7.98. The molecule has 2 N–H and O–H groups in total. The standard InChI is InChI=1S/C13H15N3OS/c1-8-6-10(4-5-11(8)14)18-7-12-15-13(17-16-12)9-2-3-9/h4-6,9H,2-3,7,14H2,1H3. The molecule has 18 heavy (non-hydrogen) atoms. The van der Waals surface area contributed by atoms with Crippen LogP contribution in [0.2, 0.25) is 0 Å². The second kappa shape index (κ2) is 4.65. The number of nitrogens with two attached hydrogens (primary N) is 1. The van der Waals surface area contributed by atoms with Gasteiger partial charge in [-0.2, -0.15) is 4.98 Å². The predicted molar refractivity (Wildman–Crippen MR) is 71.4 cm³/mol. The van der Waals surface area contributed by atoms with E-state index in [1.54, 1.807) is 11.8 Å². The first-order valence-electron chi connectivity index (χ1n) is 6.04. The predicted octanol–water partition coefficient (Wildman–Crippen LogP) is 3.13. The summed E-state index contributed by atoms with van der Waals surface area (Å²) in [5.74, 6) is 2.84. The minimum Gasteiger partial charge on any atom is -0.399 e. The average Bonchev–Trinajstić information content (AvgIpc) is 3.11. The van der Waals surface area contributed by atoms with E-state index in [4.69, 9.17) is 10.3 Å². The highest BCUT2D eigenvalue weighted by Crippen LogP contribution is 2.39. The molecule has 1 aliphatic carbocycles. The van der Waals surface area contributed by atoms with Gasteiger partial charge in [0.2, 0.25) is 5.89 Å². The number of nitrogen functional groups attached to an aromatic ring is 1. The highest BCUT2D eigenvalue weighted by atomic mass is 32.2. The van der Waals surface area contributed by atoms with Crippen molar-refractivity contribution >= 4 is 17.4 Å². The van der Waals surface area contributed by atoms with Crippen LogP contribution in [0.3, 0.4) is 0 Å². The Balaban J connectivity index is 1.63. The molecule has 1 aromatic heterocycles. The van der Waals surface area contributed by atoms with Crippen molar-refractivity contribution in [3.63, 3.8) is 0 Å². The number of thioether (sulfide) groups is 1. The van der Waals surface area contributed by atoms with Gasteiger partial charge in [-0.3, -0.25) is 0 Å². The second-order valence-electron chi connectivity index (χ2n) is 4.63. The summed E-state index contributed by atoms with van der Waals surface area (Å²) < 4.78 is 5.23. The van der Waals surface area contributed by atoms with Gasteiger partial charge < -0.3 is 10.3 Å². The fourth-order valence-corrected chi connectivity index (χ4v) is 2.55. The Kier molecular flexibility index (Phi) is 2.99. The van der Waals surface area contributed by atoms with Gasteiger partial charge in [0.05, 0.1) is 5.75 Å². The van der Waals surface area contributed by atoms with Crippen LogP contribution < -0.4 is 5.73 Å². The Morgan fingerprint density at radius 3 is 3.00 bits per heavy atom. The maximum Gasteiger partial charge on any atom is 0.229 e. The molecule has 0 bridgehead atoms. The number of hydrogen-bond acceptors (Lipinski definition) is 5. The van der Waals surface area contributed by atoms with Crippen molar-refractivity contribution in [2.75, 3.05) is 5.73 Å². The van der Waals surface area contributed by atoms with Crippen molar-refractivity contribution in [1.82, 2.24) is 10.1 Å². The molecule has 0 atom stereocenters. The number of hydrogen-bond donors (Lipinski definition) is 1. The quantitative estimate of drug-likeness (QED) is 0.676. The first kappa shape index (κ1) is 11.6. The summed E-state index contributed by atoms with van der Waals surface area (Å²) in [6, 6.07) is 6.04.